The van der Waals surface area contributed by atoms with Crippen molar-refractivity contribution in [3.8, 4) is 11.1 Å². The van der Waals surface area contributed by atoms with E-state index in [0.29, 0.717) is 40.0 Å². The lowest BCUT2D eigenvalue weighted by Gasteiger charge is -2.13. The Bertz CT molecular complexity index is 1560. The molecule has 0 aliphatic heterocycles. The van der Waals surface area contributed by atoms with Crippen LogP contribution in [0.4, 0.5) is 13.6 Å². The summed E-state index contributed by atoms with van der Waals surface area (Å²) >= 11 is 6.70. The van der Waals surface area contributed by atoms with Crippen molar-refractivity contribution in [3.63, 3.8) is 0 Å². The molecule has 1 heterocycles. The third kappa shape index (κ3) is 7.83. The Hall–Kier alpha value is -3.41. The van der Waals surface area contributed by atoms with Gasteiger partial charge in [-0.15, -0.1) is 0 Å². The van der Waals surface area contributed by atoms with Gasteiger partial charge in [0.25, 0.3) is 15.8 Å². The first-order valence-electron chi connectivity index (χ1n) is 12.3. The lowest BCUT2D eigenvalue weighted by Crippen LogP contribution is -2.39. The maximum absolute atomic E-state index is 13.1. The first-order valence-corrected chi connectivity index (χ1v) is 15.2. The molecule has 4 aromatic rings. The molecule has 2 N–H and O–H groups in total. The van der Waals surface area contributed by atoms with Gasteiger partial charge in [0, 0.05) is 41.5 Å². The summed E-state index contributed by atoms with van der Waals surface area (Å²) in [6, 6.07) is 19.9. The van der Waals surface area contributed by atoms with Crippen LogP contribution in [-0.4, -0.2) is 35.5 Å². The Kier molecular flexibility index (Phi) is 9.83. The molecule has 40 heavy (non-hydrogen) atoms. The minimum absolute atomic E-state index is 0.0365. The Morgan fingerprint density at radius 3 is 2.48 bits per heavy atom. The second-order valence-electron chi connectivity index (χ2n) is 9.04. The van der Waals surface area contributed by atoms with Gasteiger partial charge in [-0.3, -0.25) is 0 Å². The summed E-state index contributed by atoms with van der Waals surface area (Å²) in [5.41, 5.74) is 3.44. The van der Waals surface area contributed by atoms with E-state index in [4.69, 9.17) is 11.6 Å². The number of hydrogen-bond acceptors (Lipinski definition) is 5. The Morgan fingerprint density at radius 1 is 1.05 bits per heavy atom. The fourth-order valence-electron chi connectivity index (χ4n) is 3.99. The molecule has 0 saturated heterocycles. The number of imidazole rings is 1. The van der Waals surface area contributed by atoms with Gasteiger partial charge in [-0.1, -0.05) is 91.0 Å². The van der Waals surface area contributed by atoms with Crippen molar-refractivity contribution in [2.75, 3.05) is 5.75 Å². The van der Waals surface area contributed by atoms with Crippen LogP contribution >= 0.6 is 23.4 Å². The van der Waals surface area contributed by atoms with Gasteiger partial charge >= 0.3 is 6.03 Å². The number of halogens is 3. The van der Waals surface area contributed by atoms with Crippen LogP contribution in [0, 0.1) is 0 Å². The number of aromatic nitrogens is 2. The Balaban J connectivity index is 1.43. The van der Waals surface area contributed by atoms with Gasteiger partial charge in [0.1, 0.15) is 0 Å². The quantitative estimate of drug-likeness (QED) is 0.204. The number of carbonyl (C=O) groups is 1. The smallest absolute Gasteiger partial charge is 0.328 e. The van der Waals surface area contributed by atoms with Crippen molar-refractivity contribution in [3.05, 3.63) is 107 Å². The SMILES string of the molecule is CC(CSC(F)F)c1cn(Cc2ccc(-c3ccccc3S(=O)(=O)NC(=O)NCc3ccccc3Cl)cc2)cn1. The summed E-state index contributed by atoms with van der Waals surface area (Å²) in [4.78, 5) is 16.7. The summed E-state index contributed by atoms with van der Waals surface area (Å²) in [7, 11) is -4.18. The van der Waals surface area contributed by atoms with E-state index >= 15 is 0 Å². The molecule has 4 rings (SSSR count). The number of carbonyl (C=O) groups excluding carboxylic acids is 1. The fourth-order valence-corrected chi connectivity index (χ4v) is 5.96. The van der Waals surface area contributed by atoms with Crippen LogP contribution in [0.5, 0.6) is 0 Å². The lowest BCUT2D eigenvalue weighted by molar-refractivity contribution is 0.245. The van der Waals surface area contributed by atoms with Gasteiger partial charge in [-0.25, -0.2) is 22.9 Å². The van der Waals surface area contributed by atoms with E-state index < -0.39 is 21.8 Å². The van der Waals surface area contributed by atoms with Gasteiger partial charge in [-0.2, -0.15) is 8.78 Å². The number of alkyl halides is 2. The summed E-state index contributed by atoms with van der Waals surface area (Å²) in [6.07, 6.45) is 3.51. The normalized spacial score (nSPS) is 12.3. The zero-order chi connectivity index (χ0) is 28.7. The molecule has 12 heteroatoms. The molecule has 0 saturated carbocycles. The third-order valence-electron chi connectivity index (χ3n) is 6.06. The fraction of sp³-hybridized carbons (Fsp3) is 0.214. The summed E-state index contributed by atoms with van der Waals surface area (Å²) in [5.74, 6) is -2.23. The molecule has 0 aliphatic rings. The molecular weight excluding hydrogens is 578 g/mol. The van der Waals surface area contributed by atoms with E-state index in [9.17, 15) is 22.0 Å². The van der Waals surface area contributed by atoms with E-state index in [0.717, 1.165) is 11.3 Å². The molecule has 0 spiro atoms. The zero-order valence-corrected chi connectivity index (χ0v) is 23.8. The molecule has 210 valence electrons. The van der Waals surface area contributed by atoms with Gasteiger partial charge in [0.05, 0.1) is 16.9 Å². The van der Waals surface area contributed by atoms with E-state index in [-0.39, 0.29) is 23.1 Å². The van der Waals surface area contributed by atoms with E-state index in [1.54, 1.807) is 60.9 Å². The molecule has 1 aromatic heterocycles. The van der Waals surface area contributed by atoms with E-state index in [2.05, 4.69) is 15.0 Å². The lowest BCUT2D eigenvalue weighted by atomic mass is 10.0. The molecule has 0 aliphatic carbocycles. The van der Waals surface area contributed by atoms with Crippen molar-refractivity contribution in [1.29, 1.82) is 0 Å². The highest BCUT2D eigenvalue weighted by Crippen LogP contribution is 2.28. The Labute approximate surface area is 241 Å². The number of hydrogen-bond donors (Lipinski definition) is 2. The summed E-state index contributed by atoms with van der Waals surface area (Å²) < 4.78 is 55.1. The maximum Gasteiger partial charge on any atom is 0.328 e. The zero-order valence-electron chi connectivity index (χ0n) is 21.4. The summed E-state index contributed by atoms with van der Waals surface area (Å²) in [6.45, 7) is 2.44. The van der Waals surface area contributed by atoms with E-state index in [1.165, 1.54) is 6.07 Å². The first kappa shape index (κ1) is 29.6. The first-order chi connectivity index (χ1) is 19.1. The standard InChI is InChI=1S/C28H27ClF2N4O3S2/c1-19(17-39-27(30)31)25-16-35(18-33-25)15-20-10-12-21(13-11-20)23-7-3-5-9-26(23)40(37,38)34-28(36)32-14-22-6-2-4-8-24(22)29/h2-13,16,18-19,27H,14-15,17H2,1H3,(H2,32,34,36). The number of sulfonamides is 1. The average Bonchev–Trinajstić information content (AvgIpc) is 3.40. The highest BCUT2D eigenvalue weighted by Gasteiger charge is 2.22. The van der Waals surface area contributed by atoms with Crippen LogP contribution in [-0.2, 0) is 23.1 Å². The molecule has 0 radical (unpaired) electrons. The summed E-state index contributed by atoms with van der Waals surface area (Å²) in [5, 5.41) is 2.98. The maximum atomic E-state index is 13.1. The van der Waals surface area contributed by atoms with Crippen molar-refractivity contribution in [2.24, 2.45) is 0 Å². The van der Waals surface area contributed by atoms with Gasteiger partial charge < -0.3 is 9.88 Å². The third-order valence-corrected chi connectivity index (χ3v) is 8.76. The number of rotatable bonds is 11. The molecule has 1 unspecified atom stereocenters. The second kappa shape index (κ2) is 13.3. The predicted molar refractivity (Wildman–Crippen MR) is 154 cm³/mol. The van der Waals surface area contributed by atoms with Crippen molar-refractivity contribution in [2.45, 2.75) is 36.6 Å². The van der Waals surface area contributed by atoms with Crippen LogP contribution in [0.2, 0.25) is 5.02 Å². The van der Waals surface area contributed by atoms with Crippen molar-refractivity contribution < 1.29 is 22.0 Å². The Morgan fingerprint density at radius 2 is 1.75 bits per heavy atom. The molecule has 0 bridgehead atoms. The monoisotopic (exact) mass is 604 g/mol. The van der Waals surface area contributed by atoms with Gasteiger partial charge in [-0.05, 0) is 28.8 Å². The van der Waals surface area contributed by atoms with Crippen LogP contribution in [0.1, 0.15) is 29.7 Å². The highest BCUT2D eigenvalue weighted by molar-refractivity contribution is 7.99. The largest absolute Gasteiger partial charge is 0.333 e. The van der Waals surface area contributed by atoms with Crippen LogP contribution in [0.3, 0.4) is 0 Å². The topological polar surface area (TPSA) is 93.1 Å². The van der Waals surface area contributed by atoms with Crippen LogP contribution < -0.4 is 10.0 Å². The van der Waals surface area contributed by atoms with Gasteiger partial charge in [0.15, 0.2) is 0 Å². The molecule has 2 amide bonds. The number of nitrogens with zero attached hydrogens (tertiary/aromatic N) is 2. The highest BCUT2D eigenvalue weighted by atomic mass is 35.5. The molecule has 7 nitrogen and oxygen atoms in total. The van der Waals surface area contributed by atoms with Crippen molar-refractivity contribution >= 4 is 39.4 Å². The average molecular weight is 605 g/mol. The number of nitrogens with one attached hydrogen (secondary N) is 2. The molecule has 0 fully saturated rings. The second-order valence-corrected chi connectivity index (χ2v) is 12.1. The number of thioether (sulfide) groups is 1. The van der Waals surface area contributed by atoms with Crippen LogP contribution in [0.25, 0.3) is 11.1 Å². The number of urea groups is 1. The van der Waals surface area contributed by atoms with Crippen molar-refractivity contribution in [1.82, 2.24) is 19.6 Å². The van der Waals surface area contributed by atoms with Gasteiger partial charge in [0.2, 0.25) is 0 Å². The molecule has 3 aromatic carbocycles. The van der Waals surface area contributed by atoms with Crippen LogP contribution in [0.15, 0.2) is 90.2 Å². The molecular formula is C28H27ClF2N4O3S2. The predicted octanol–water partition coefficient (Wildman–Crippen LogP) is 6.50. The number of amides is 2. The number of benzene rings is 3. The van der Waals surface area contributed by atoms with E-state index in [1.807, 2.05) is 29.8 Å². The molecule has 1 atom stereocenters. The minimum atomic E-state index is -4.18. The minimum Gasteiger partial charge on any atom is -0.333 e.